The van der Waals surface area contributed by atoms with Crippen molar-refractivity contribution in [3.63, 3.8) is 0 Å². The van der Waals surface area contributed by atoms with Crippen LogP contribution in [0.2, 0.25) is 0 Å². The Kier molecular flexibility index (Phi) is 5.83. The van der Waals surface area contributed by atoms with Crippen LogP contribution in [-0.2, 0) is 11.2 Å². The van der Waals surface area contributed by atoms with Gasteiger partial charge in [0.1, 0.15) is 11.6 Å². The molecule has 2 N–H and O–H groups in total. The minimum absolute atomic E-state index is 0.0101. The zero-order chi connectivity index (χ0) is 22.1. The number of pyridine rings is 1. The first-order chi connectivity index (χ1) is 14.9. The molecule has 6 nitrogen and oxygen atoms in total. The van der Waals surface area contributed by atoms with Gasteiger partial charge in [-0.3, -0.25) is 4.79 Å². The van der Waals surface area contributed by atoms with E-state index in [4.69, 9.17) is 11.0 Å². The Bertz CT molecular complexity index is 1040. The van der Waals surface area contributed by atoms with Crippen LogP contribution in [-0.4, -0.2) is 47.5 Å². The first kappa shape index (κ1) is 21.1. The summed E-state index contributed by atoms with van der Waals surface area (Å²) in [5, 5.41) is 9.09. The lowest BCUT2D eigenvalue weighted by atomic mass is 10.0. The molecular weight excluding hydrogens is 407 g/mol. The number of carbonyl (C=O) groups is 1. The molecule has 1 amide bonds. The predicted octanol–water partition coefficient (Wildman–Crippen LogP) is 2.37. The molecule has 2 aliphatic heterocycles. The third-order valence-electron chi connectivity index (χ3n) is 6.07. The molecule has 9 heteroatoms. The van der Waals surface area contributed by atoms with Crippen molar-refractivity contribution in [3.8, 4) is 6.07 Å². The standard InChI is InChI=1S/C22H22F3N5O/c23-17-9-19(25)18(24)7-15(17)6-16(27)8-22(31)30-4-2-14-11-29(12-20(14)30)21-5-13(10-26)1-3-28-21/h1,3,5,7,9,14,16,20H,2,4,6,8,11-12,27H2/t14-,16+,20+/m0/s1. The Hall–Kier alpha value is -3.12. The Balaban J connectivity index is 1.38. The highest BCUT2D eigenvalue weighted by molar-refractivity contribution is 5.78. The number of hydrogen-bond donors (Lipinski definition) is 1. The quantitative estimate of drug-likeness (QED) is 0.738. The smallest absolute Gasteiger partial charge is 0.224 e. The number of aromatic nitrogens is 1. The van der Waals surface area contributed by atoms with E-state index in [2.05, 4.69) is 16.0 Å². The fourth-order valence-corrected chi connectivity index (χ4v) is 4.54. The van der Waals surface area contributed by atoms with Crippen LogP contribution in [0.4, 0.5) is 19.0 Å². The van der Waals surface area contributed by atoms with E-state index in [9.17, 15) is 18.0 Å². The van der Waals surface area contributed by atoms with Gasteiger partial charge in [0.15, 0.2) is 11.6 Å². The zero-order valence-corrected chi connectivity index (χ0v) is 16.8. The molecule has 3 heterocycles. The van der Waals surface area contributed by atoms with Crippen LogP contribution >= 0.6 is 0 Å². The fourth-order valence-electron chi connectivity index (χ4n) is 4.54. The third kappa shape index (κ3) is 4.35. The number of halogens is 3. The van der Waals surface area contributed by atoms with Gasteiger partial charge >= 0.3 is 0 Å². The van der Waals surface area contributed by atoms with Crippen molar-refractivity contribution in [1.82, 2.24) is 9.88 Å². The maximum atomic E-state index is 13.9. The summed E-state index contributed by atoms with van der Waals surface area (Å²) in [6.07, 6.45) is 2.39. The lowest BCUT2D eigenvalue weighted by Crippen LogP contribution is -2.42. The summed E-state index contributed by atoms with van der Waals surface area (Å²) in [5.74, 6) is -2.39. The molecular formula is C22H22F3N5O. The van der Waals surface area contributed by atoms with Gasteiger partial charge in [0.2, 0.25) is 5.91 Å². The molecule has 4 rings (SSSR count). The second kappa shape index (κ2) is 8.55. The average molecular weight is 429 g/mol. The summed E-state index contributed by atoms with van der Waals surface area (Å²) >= 11 is 0. The average Bonchev–Trinajstić information content (AvgIpc) is 3.33. The van der Waals surface area contributed by atoms with Crippen molar-refractivity contribution in [1.29, 1.82) is 5.26 Å². The Morgan fingerprint density at radius 1 is 1.23 bits per heavy atom. The lowest BCUT2D eigenvalue weighted by Gasteiger charge is -2.26. The maximum absolute atomic E-state index is 13.9. The van der Waals surface area contributed by atoms with Crippen LogP contribution in [0.15, 0.2) is 30.5 Å². The summed E-state index contributed by atoms with van der Waals surface area (Å²) in [7, 11) is 0. The van der Waals surface area contributed by atoms with E-state index in [1.54, 1.807) is 23.2 Å². The minimum atomic E-state index is -1.26. The van der Waals surface area contributed by atoms with Gasteiger partial charge in [-0.05, 0) is 36.6 Å². The number of nitrogens with two attached hydrogens (primary N) is 1. The number of fused-ring (bicyclic) bond motifs is 1. The number of likely N-dealkylation sites (tertiary alicyclic amines) is 1. The summed E-state index contributed by atoms with van der Waals surface area (Å²) < 4.78 is 40.4. The second-order valence-corrected chi connectivity index (χ2v) is 8.15. The number of nitriles is 1. The molecule has 2 saturated heterocycles. The maximum Gasteiger partial charge on any atom is 0.224 e. The molecule has 3 atom stereocenters. The summed E-state index contributed by atoms with van der Waals surface area (Å²) in [6, 6.07) is 6.08. The van der Waals surface area contributed by atoms with Crippen LogP contribution in [0.1, 0.15) is 24.0 Å². The van der Waals surface area contributed by atoms with Crippen LogP contribution < -0.4 is 10.6 Å². The second-order valence-electron chi connectivity index (χ2n) is 8.15. The third-order valence-corrected chi connectivity index (χ3v) is 6.07. The molecule has 0 unspecified atom stereocenters. The monoisotopic (exact) mass is 429 g/mol. The van der Waals surface area contributed by atoms with Gasteiger partial charge in [0, 0.05) is 50.3 Å². The van der Waals surface area contributed by atoms with Crippen molar-refractivity contribution in [2.24, 2.45) is 11.7 Å². The molecule has 0 radical (unpaired) electrons. The molecule has 162 valence electrons. The van der Waals surface area contributed by atoms with Crippen molar-refractivity contribution < 1.29 is 18.0 Å². The highest BCUT2D eigenvalue weighted by Gasteiger charge is 2.43. The van der Waals surface area contributed by atoms with E-state index in [0.717, 1.165) is 19.0 Å². The SMILES string of the molecule is N#Cc1ccnc(N2C[C@@H]3CCN(C(=O)C[C@H](N)Cc4cc(F)c(F)cc4F)[C@@H]3C2)c1. The van der Waals surface area contributed by atoms with Crippen molar-refractivity contribution in [2.45, 2.75) is 31.3 Å². The summed E-state index contributed by atoms with van der Waals surface area (Å²) in [5.41, 5.74) is 6.52. The zero-order valence-electron chi connectivity index (χ0n) is 16.8. The van der Waals surface area contributed by atoms with Crippen molar-refractivity contribution in [3.05, 3.63) is 59.0 Å². The van der Waals surface area contributed by atoms with Crippen molar-refractivity contribution in [2.75, 3.05) is 24.5 Å². The predicted molar refractivity (Wildman–Crippen MR) is 107 cm³/mol. The molecule has 0 aliphatic carbocycles. The van der Waals surface area contributed by atoms with Crippen LogP contribution in [0.25, 0.3) is 0 Å². The van der Waals surface area contributed by atoms with Gasteiger partial charge in [-0.1, -0.05) is 0 Å². The molecule has 2 aliphatic rings. The number of carbonyl (C=O) groups excluding carboxylic acids is 1. The Labute approximate surface area is 178 Å². The molecule has 0 spiro atoms. The highest BCUT2D eigenvalue weighted by Crippen LogP contribution is 2.34. The first-order valence-electron chi connectivity index (χ1n) is 10.1. The van der Waals surface area contributed by atoms with E-state index < -0.39 is 23.5 Å². The van der Waals surface area contributed by atoms with Gasteiger partial charge in [-0.25, -0.2) is 18.2 Å². The topological polar surface area (TPSA) is 86.2 Å². The number of nitrogens with zero attached hydrogens (tertiary/aromatic N) is 4. The van der Waals surface area contributed by atoms with Crippen LogP contribution in [0, 0.1) is 34.7 Å². The van der Waals surface area contributed by atoms with Gasteiger partial charge in [-0.15, -0.1) is 0 Å². The van der Waals surface area contributed by atoms with Gasteiger partial charge in [-0.2, -0.15) is 5.26 Å². The highest BCUT2D eigenvalue weighted by atomic mass is 19.2. The number of anilines is 1. The Morgan fingerprint density at radius 2 is 2.00 bits per heavy atom. The van der Waals surface area contributed by atoms with Gasteiger partial charge in [0.05, 0.1) is 17.7 Å². The van der Waals surface area contributed by atoms with Gasteiger partial charge in [0.25, 0.3) is 0 Å². The first-order valence-corrected chi connectivity index (χ1v) is 10.1. The molecule has 1 aromatic carbocycles. The normalized spacial score (nSPS) is 21.1. The number of rotatable bonds is 5. The fraction of sp³-hybridized carbons (Fsp3) is 0.409. The molecule has 31 heavy (non-hydrogen) atoms. The molecule has 0 saturated carbocycles. The minimum Gasteiger partial charge on any atom is -0.354 e. The van der Waals surface area contributed by atoms with Crippen LogP contribution in [0.5, 0.6) is 0 Å². The lowest BCUT2D eigenvalue weighted by molar-refractivity contribution is -0.132. The van der Waals surface area contributed by atoms with Crippen LogP contribution in [0.3, 0.4) is 0 Å². The number of hydrogen-bond acceptors (Lipinski definition) is 5. The molecule has 1 aromatic heterocycles. The molecule has 0 bridgehead atoms. The number of benzene rings is 1. The van der Waals surface area contributed by atoms with E-state index in [0.29, 0.717) is 36.5 Å². The molecule has 2 fully saturated rings. The Morgan fingerprint density at radius 3 is 2.77 bits per heavy atom. The molecule has 2 aromatic rings. The van der Waals surface area contributed by atoms with E-state index in [-0.39, 0.29) is 30.4 Å². The van der Waals surface area contributed by atoms with E-state index >= 15 is 0 Å². The summed E-state index contributed by atoms with van der Waals surface area (Å²) in [6.45, 7) is 1.99. The van der Waals surface area contributed by atoms with Crippen molar-refractivity contribution >= 4 is 11.7 Å². The number of amides is 1. The van der Waals surface area contributed by atoms with Gasteiger partial charge < -0.3 is 15.5 Å². The van der Waals surface area contributed by atoms with E-state index in [1.165, 1.54) is 0 Å². The van der Waals surface area contributed by atoms with E-state index in [1.807, 2.05) is 0 Å². The summed E-state index contributed by atoms with van der Waals surface area (Å²) in [4.78, 5) is 21.1. The largest absolute Gasteiger partial charge is 0.354 e.